The van der Waals surface area contributed by atoms with E-state index in [-0.39, 0.29) is 22.4 Å². The van der Waals surface area contributed by atoms with Crippen LogP contribution in [0.2, 0.25) is 0 Å². The minimum Gasteiger partial charge on any atom is -0.305 e. The minimum absolute atomic E-state index is 0.0657. The smallest absolute Gasteiger partial charge is 0.134 e. The molecule has 0 aliphatic heterocycles. The summed E-state index contributed by atoms with van der Waals surface area (Å²) >= 11 is 5.85. The Kier molecular flexibility index (Phi) is 5.06. The van der Waals surface area contributed by atoms with Crippen molar-refractivity contribution in [2.24, 2.45) is 0 Å². The highest BCUT2D eigenvalue weighted by atomic mass is 35.5. The van der Waals surface area contributed by atoms with Gasteiger partial charge in [0, 0.05) is 16.9 Å². The maximum absolute atomic E-state index is 14.4. The summed E-state index contributed by atoms with van der Waals surface area (Å²) in [5.74, 6) is -1.62. The highest BCUT2D eigenvalue weighted by Gasteiger charge is 2.23. The molecule has 0 saturated heterocycles. The molecule has 2 aromatic rings. The van der Waals surface area contributed by atoms with Crippen LogP contribution in [-0.4, -0.2) is 10.9 Å². The molecule has 118 valence electrons. The highest BCUT2D eigenvalue weighted by Crippen LogP contribution is 2.33. The third-order valence-electron chi connectivity index (χ3n) is 3.34. The van der Waals surface area contributed by atoms with Gasteiger partial charge in [-0.2, -0.15) is 0 Å². The van der Waals surface area contributed by atoms with Crippen LogP contribution in [0.3, 0.4) is 0 Å². The van der Waals surface area contributed by atoms with Crippen molar-refractivity contribution < 1.29 is 8.78 Å². The molecule has 5 heteroatoms. The molecule has 0 amide bonds. The number of rotatable bonds is 4. The molecule has 2 N–H and O–H groups in total. The molecule has 0 heterocycles. The lowest BCUT2D eigenvalue weighted by atomic mass is 9.91. The third-order valence-corrected chi connectivity index (χ3v) is 3.53. The summed E-state index contributed by atoms with van der Waals surface area (Å²) in [6.45, 7) is 3.07. The van der Waals surface area contributed by atoms with Crippen LogP contribution in [-0.2, 0) is 0 Å². The Morgan fingerprint density at radius 1 is 0.957 bits per heavy atom. The Labute approximate surface area is 138 Å². The molecular formula is C18H15ClF2N2. The van der Waals surface area contributed by atoms with Crippen LogP contribution in [0.1, 0.15) is 23.6 Å². The van der Waals surface area contributed by atoms with Gasteiger partial charge < -0.3 is 5.41 Å². The van der Waals surface area contributed by atoms with Crippen molar-refractivity contribution in [1.82, 2.24) is 0 Å². The second kappa shape index (κ2) is 6.84. The Hall–Kier alpha value is -2.33. The van der Waals surface area contributed by atoms with E-state index in [2.05, 4.69) is 0 Å². The van der Waals surface area contributed by atoms with E-state index in [1.165, 1.54) is 19.1 Å². The summed E-state index contributed by atoms with van der Waals surface area (Å²) in [5.41, 5.74) is 0.779. The normalized spacial score (nSPS) is 11.9. The quantitative estimate of drug-likeness (QED) is 0.553. The van der Waals surface area contributed by atoms with Crippen molar-refractivity contribution in [2.75, 3.05) is 0 Å². The van der Waals surface area contributed by atoms with Gasteiger partial charge in [0.05, 0.1) is 5.56 Å². The van der Waals surface area contributed by atoms with Crippen LogP contribution in [0.25, 0.3) is 11.1 Å². The lowest BCUT2D eigenvalue weighted by Gasteiger charge is -2.16. The maximum atomic E-state index is 14.4. The standard InChI is InChI=1S/C18H15ClF2N2/c1-10-8-13(20)16(14(21)9-10)17(18(19)23)15(11(2)22)12-6-4-3-5-7-12/h3-9,22-23H,1-2H3/b17-15+,22-11?,23-18?. The summed E-state index contributed by atoms with van der Waals surface area (Å²) in [7, 11) is 0. The fourth-order valence-corrected chi connectivity index (χ4v) is 2.63. The van der Waals surface area contributed by atoms with Crippen molar-refractivity contribution in [2.45, 2.75) is 13.8 Å². The molecule has 0 aliphatic carbocycles. The Morgan fingerprint density at radius 3 is 1.91 bits per heavy atom. The average molecular weight is 333 g/mol. The van der Waals surface area contributed by atoms with Gasteiger partial charge >= 0.3 is 0 Å². The summed E-state index contributed by atoms with van der Waals surface area (Å²) in [5, 5.41) is 15.3. The fourth-order valence-electron chi connectivity index (χ4n) is 2.44. The topological polar surface area (TPSA) is 47.7 Å². The zero-order valence-corrected chi connectivity index (χ0v) is 13.4. The molecule has 0 aromatic heterocycles. The first-order chi connectivity index (χ1) is 10.8. The summed E-state index contributed by atoms with van der Waals surface area (Å²) in [6, 6.07) is 11.1. The number of aryl methyl sites for hydroxylation is 1. The van der Waals surface area contributed by atoms with Crippen LogP contribution in [0.5, 0.6) is 0 Å². The Morgan fingerprint density at radius 2 is 1.48 bits per heavy atom. The molecule has 0 saturated carbocycles. The average Bonchev–Trinajstić information content (AvgIpc) is 2.45. The van der Waals surface area contributed by atoms with Gasteiger partial charge in [0.25, 0.3) is 0 Å². The monoisotopic (exact) mass is 332 g/mol. The van der Waals surface area contributed by atoms with E-state index in [0.29, 0.717) is 11.1 Å². The summed E-state index contributed by atoms with van der Waals surface area (Å²) < 4.78 is 28.7. The molecule has 2 nitrogen and oxygen atoms in total. The molecule has 0 atom stereocenters. The molecule has 0 unspecified atom stereocenters. The minimum atomic E-state index is -0.808. The second-order valence-electron chi connectivity index (χ2n) is 5.16. The van der Waals surface area contributed by atoms with Gasteiger partial charge in [0.2, 0.25) is 0 Å². The number of allylic oxidation sites excluding steroid dienone is 2. The highest BCUT2D eigenvalue weighted by molar-refractivity contribution is 6.77. The zero-order valence-electron chi connectivity index (χ0n) is 12.7. The number of nitrogens with one attached hydrogen (secondary N) is 2. The van der Waals surface area contributed by atoms with E-state index >= 15 is 0 Å². The number of hydrogen-bond donors (Lipinski definition) is 2. The van der Waals surface area contributed by atoms with Crippen LogP contribution >= 0.6 is 11.6 Å². The predicted octanol–water partition coefficient (Wildman–Crippen LogP) is 5.44. The molecule has 0 bridgehead atoms. The van der Waals surface area contributed by atoms with Gasteiger partial charge in [-0.25, -0.2) is 8.78 Å². The molecule has 0 aliphatic rings. The zero-order chi connectivity index (χ0) is 17.1. The van der Waals surface area contributed by atoms with E-state index in [1.807, 2.05) is 0 Å². The first-order valence-electron chi connectivity index (χ1n) is 6.88. The van der Waals surface area contributed by atoms with E-state index in [1.54, 1.807) is 37.3 Å². The summed E-state index contributed by atoms with van der Waals surface area (Å²) in [4.78, 5) is 0. The van der Waals surface area contributed by atoms with E-state index in [4.69, 9.17) is 22.4 Å². The lowest BCUT2D eigenvalue weighted by molar-refractivity contribution is 0.576. The molecule has 0 fully saturated rings. The van der Waals surface area contributed by atoms with Gasteiger partial charge in [-0.1, -0.05) is 41.9 Å². The van der Waals surface area contributed by atoms with E-state index in [0.717, 1.165) is 0 Å². The largest absolute Gasteiger partial charge is 0.305 e. The Balaban J connectivity index is 2.89. The van der Waals surface area contributed by atoms with Crippen molar-refractivity contribution in [1.29, 1.82) is 10.8 Å². The van der Waals surface area contributed by atoms with Crippen LogP contribution in [0.4, 0.5) is 8.78 Å². The van der Waals surface area contributed by atoms with Gasteiger partial charge in [0.1, 0.15) is 16.8 Å². The molecule has 23 heavy (non-hydrogen) atoms. The van der Waals surface area contributed by atoms with Gasteiger partial charge in [0.15, 0.2) is 0 Å². The molecule has 2 rings (SSSR count). The first kappa shape index (κ1) is 17.0. The number of hydrogen-bond acceptors (Lipinski definition) is 2. The second-order valence-corrected chi connectivity index (χ2v) is 5.54. The molecule has 0 radical (unpaired) electrons. The Bertz CT molecular complexity index is 788. The molecular weight excluding hydrogens is 318 g/mol. The van der Waals surface area contributed by atoms with Crippen LogP contribution < -0.4 is 0 Å². The summed E-state index contributed by atoms with van der Waals surface area (Å²) in [6.07, 6.45) is 0. The van der Waals surface area contributed by atoms with Crippen molar-refractivity contribution >= 4 is 33.6 Å². The third kappa shape index (κ3) is 3.54. The maximum Gasteiger partial charge on any atom is 0.134 e. The van der Waals surface area contributed by atoms with E-state index < -0.39 is 16.8 Å². The van der Waals surface area contributed by atoms with Crippen molar-refractivity contribution in [3.05, 3.63) is 70.8 Å². The lowest BCUT2D eigenvalue weighted by Crippen LogP contribution is -2.08. The van der Waals surface area contributed by atoms with Gasteiger partial charge in [-0.15, -0.1) is 0 Å². The number of benzene rings is 2. The van der Waals surface area contributed by atoms with Crippen molar-refractivity contribution in [3.8, 4) is 0 Å². The molecule has 0 spiro atoms. The SMILES string of the molecule is CC(=N)/C(=C(\C(=N)Cl)c1c(F)cc(C)cc1F)c1ccccc1. The van der Waals surface area contributed by atoms with Gasteiger partial charge in [-0.3, -0.25) is 5.41 Å². The number of halogens is 3. The van der Waals surface area contributed by atoms with Crippen molar-refractivity contribution in [3.63, 3.8) is 0 Å². The fraction of sp³-hybridized carbons (Fsp3) is 0.111. The van der Waals surface area contributed by atoms with Crippen LogP contribution in [0, 0.1) is 29.4 Å². The van der Waals surface area contributed by atoms with Crippen LogP contribution in [0.15, 0.2) is 42.5 Å². The van der Waals surface area contributed by atoms with Gasteiger partial charge in [-0.05, 0) is 37.1 Å². The first-order valence-corrected chi connectivity index (χ1v) is 7.26. The van der Waals surface area contributed by atoms with E-state index in [9.17, 15) is 8.78 Å². The predicted molar refractivity (Wildman–Crippen MR) is 91.3 cm³/mol. The molecule has 2 aromatic carbocycles.